The molecule has 0 saturated carbocycles. The van der Waals surface area contributed by atoms with E-state index >= 15 is 0 Å². The monoisotopic (exact) mass is 283 g/mol. The highest BCUT2D eigenvalue weighted by atomic mass is 28.3. The van der Waals surface area contributed by atoms with Gasteiger partial charge in [-0.05, 0) is 5.56 Å². The predicted octanol–water partition coefficient (Wildman–Crippen LogP) is 3.39. The topological polar surface area (TPSA) is 21.6 Å². The van der Waals surface area contributed by atoms with Crippen molar-refractivity contribution in [3.05, 3.63) is 66.2 Å². The van der Waals surface area contributed by atoms with Crippen molar-refractivity contribution in [3.63, 3.8) is 0 Å². The Morgan fingerprint density at radius 3 is 2.20 bits per heavy atom. The zero-order valence-corrected chi connectivity index (χ0v) is 13.1. The zero-order valence-electron chi connectivity index (χ0n) is 12.1. The van der Waals surface area contributed by atoms with Crippen LogP contribution in [0, 0.1) is 0 Å². The molecule has 0 bridgehead atoms. The third-order valence-corrected chi connectivity index (χ3v) is 6.05. The second-order valence-corrected chi connectivity index (χ2v) is 10.1. The summed E-state index contributed by atoms with van der Waals surface area (Å²) in [6.07, 6.45) is 3.36. The highest BCUT2D eigenvalue weighted by molar-refractivity contribution is 6.89. The van der Waals surface area contributed by atoms with Crippen LogP contribution < -0.4 is 5.19 Å². The Morgan fingerprint density at radius 2 is 1.55 bits per heavy atom. The summed E-state index contributed by atoms with van der Waals surface area (Å²) in [6.45, 7) is 4.60. The lowest BCUT2D eigenvalue weighted by Gasteiger charge is -2.20. The van der Waals surface area contributed by atoms with E-state index in [1.165, 1.54) is 10.8 Å². The molecule has 20 heavy (non-hydrogen) atoms. The van der Waals surface area contributed by atoms with Crippen LogP contribution in [0.3, 0.4) is 0 Å². The number of benzene rings is 2. The van der Waals surface area contributed by atoms with Crippen LogP contribution in [0.15, 0.2) is 65.8 Å². The average molecular weight is 283 g/mol. The fourth-order valence-corrected chi connectivity index (χ4v) is 3.64. The molecule has 104 valence electrons. The zero-order chi connectivity index (χ0) is 14.3. The van der Waals surface area contributed by atoms with Crippen molar-refractivity contribution >= 4 is 19.5 Å². The van der Waals surface area contributed by atoms with Gasteiger partial charge < -0.3 is 4.84 Å². The molecular formula is C17H21NOSi. The summed E-state index contributed by atoms with van der Waals surface area (Å²) in [4.78, 5) is 5.51. The van der Waals surface area contributed by atoms with Crippen LogP contribution in [0.2, 0.25) is 13.1 Å². The van der Waals surface area contributed by atoms with E-state index < -0.39 is 8.07 Å². The molecule has 0 radical (unpaired) electrons. The number of nitrogens with zero attached hydrogens (tertiary/aromatic N) is 1. The van der Waals surface area contributed by atoms with Crippen LogP contribution in [-0.4, -0.2) is 20.5 Å². The van der Waals surface area contributed by atoms with Crippen LogP contribution in [-0.2, 0) is 11.3 Å². The molecule has 2 nitrogen and oxygen atoms in total. The minimum absolute atomic E-state index is 0.711. The van der Waals surface area contributed by atoms with E-state index in [1.807, 2.05) is 30.5 Å². The molecule has 0 heterocycles. The Labute approximate surface area is 122 Å². The maximum atomic E-state index is 5.51. The van der Waals surface area contributed by atoms with Crippen LogP contribution >= 0.6 is 0 Å². The van der Waals surface area contributed by atoms with Gasteiger partial charge in [0.1, 0.15) is 14.3 Å². The molecule has 0 aromatic heterocycles. The Hall–Kier alpha value is -1.87. The number of hydrogen-bond acceptors (Lipinski definition) is 2. The summed E-state index contributed by atoms with van der Waals surface area (Å²) in [5, 5.41) is 5.49. The molecule has 0 aliphatic heterocycles. The second-order valence-electron chi connectivity index (χ2n) is 5.50. The van der Waals surface area contributed by atoms with Gasteiger partial charge in [0, 0.05) is 12.6 Å². The lowest BCUT2D eigenvalue weighted by atomic mass is 10.2. The van der Waals surface area contributed by atoms with Gasteiger partial charge in [-0.3, -0.25) is 0 Å². The second kappa shape index (κ2) is 7.06. The third kappa shape index (κ3) is 4.35. The summed E-state index contributed by atoms with van der Waals surface area (Å²) >= 11 is 0. The average Bonchev–Trinajstić information content (AvgIpc) is 2.49. The Bertz CT molecular complexity index is 537. The van der Waals surface area contributed by atoms with Gasteiger partial charge in [0.15, 0.2) is 0 Å². The van der Waals surface area contributed by atoms with Crippen LogP contribution in [0.4, 0.5) is 0 Å². The molecule has 0 amide bonds. The number of hydrogen-bond donors (Lipinski definition) is 0. The summed E-state index contributed by atoms with van der Waals surface area (Å²) in [5.74, 6) is 0. The molecule has 0 fully saturated rings. The standard InChI is InChI=1S/C17H21NOSi/c1-20(2,17-11-7-4-8-12-17)15-19-18-14-13-16-9-5-3-6-10-16/h3-12,14H,13,15H2,1-2H3/b18-14-. The van der Waals surface area contributed by atoms with Crippen molar-refractivity contribution in [1.29, 1.82) is 0 Å². The summed E-state index contributed by atoms with van der Waals surface area (Å²) in [5.41, 5.74) is 1.25. The predicted molar refractivity (Wildman–Crippen MR) is 88.1 cm³/mol. The molecule has 0 aliphatic rings. The molecule has 0 unspecified atom stereocenters. The van der Waals surface area contributed by atoms with Gasteiger partial charge in [-0.15, -0.1) is 0 Å². The third-order valence-electron chi connectivity index (χ3n) is 3.30. The van der Waals surface area contributed by atoms with Crippen molar-refractivity contribution in [2.45, 2.75) is 19.5 Å². The van der Waals surface area contributed by atoms with Gasteiger partial charge in [0.25, 0.3) is 0 Å². The van der Waals surface area contributed by atoms with E-state index in [1.54, 1.807) is 0 Å². The SMILES string of the molecule is C[Si](C)(CO/N=C\Cc1ccccc1)c1ccccc1. The van der Waals surface area contributed by atoms with E-state index in [0.717, 1.165) is 6.42 Å². The molecule has 2 aromatic carbocycles. The smallest absolute Gasteiger partial charge is 0.127 e. The van der Waals surface area contributed by atoms with Crippen molar-refractivity contribution in [2.75, 3.05) is 6.23 Å². The quantitative estimate of drug-likeness (QED) is 0.452. The minimum atomic E-state index is -1.54. The number of oxime groups is 1. The fourth-order valence-electron chi connectivity index (χ4n) is 1.98. The molecule has 3 heteroatoms. The summed E-state index contributed by atoms with van der Waals surface area (Å²) in [7, 11) is -1.54. The Balaban J connectivity index is 1.81. The van der Waals surface area contributed by atoms with E-state index in [-0.39, 0.29) is 0 Å². The highest BCUT2D eigenvalue weighted by Crippen LogP contribution is 2.04. The van der Waals surface area contributed by atoms with Crippen molar-refractivity contribution in [3.8, 4) is 0 Å². The Morgan fingerprint density at radius 1 is 0.950 bits per heavy atom. The first-order valence-corrected chi connectivity index (χ1v) is 10.1. The van der Waals surface area contributed by atoms with Crippen LogP contribution in [0.1, 0.15) is 5.56 Å². The van der Waals surface area contributed by atoms with E-state index in [4.69, 9.17) is 4.84 Å². The van der Waals surface area contributed by atoms with E-state index in [2.05, 4.69) is 54.6 Å². The van der Waals surface area contributed by atoms with Gasteiger partial charge in [0.2, 0.25) is 0 Å². The van der Waals surface area contributed by atoms with Crippen LogP contribution in [0.5, 0.6) is 0 Å². The molecule has 0 saturated heterocycles. The number of rotatable bonds is 6. The first kappa shape index (κ1) is 14.5. The summed E-state index contributed by atoms with van der Waals surface area (Å²) in [6, 6.07) is 20.9. The van der Waals surface area contributed by atoms with Gasteiger partial charge in [-0.25, -0.2) is 0 Å². The molecule has 0 N–H and O–H groups in total. The fraction of sp³-hybridized carbons (Fsp3) is 0.235. The highest BCUT2D eigenvalue weighted by Gasteiger charge is 2.24. The van der Waals surface area contributed by atoms with Crippen molar-refractivity contribution in [2.24, 2.45) is 5.16 Å². The molecule has 0 atom stereocenters. The molecule has 2 aromatic rings. The van der Waals surface area contributed by atoms with Gasteiger partial charge in [-0.1, -0.05) is 84.1 Å². The van der Waals surface area contributed by atoms with Gasteiger partial charge >= 0.3 is 0 Å². The maximum absolute atomic E-state index is 5.51. The normalized spacial score (nSPS) is 11.7. The molecule has 2 rings (SSSR count). The van der Waals surface area contributed by atoms with Crippen LogP contribution in [0.25, 0.3) is 0 Å². The lowest BCUT2D eigenvalue weighted by Crippen LogP contribution is -2.45. The molecule has 0 spiro atoms. The first-order chi connectivity index (χ1) is 9.68. The maximum Gasteiger partial charge on any atom is 0.127 e. The lowest BCUT2D eigenvalue weighted by molar-refractivity contribution is 0.188. The van der Waals surface area contributed by atoms with E-state index in [0.29, 0.717) is 6.23 Å². The first-order valence-electron chi connectivity index (χ1n) is 6.92. The summed E-state index contributed by atoms with van der Waals surface area (Å²) < 4.78 is 0. The molecule has 0 aliphatic carbocycles. The van der Waals surface area contributed by atoms with Gasteiger partial charge in [0.05, 0.1) is 0 Å². The van der Waals surface area contributed by atoms with E-state index in [9.17, 15) is 0 Å². The minimum Gasteiger partial charge on any atom is -0.399 e. The Kier molecular flexibility index (Phi) is 5.13. The largest absolute Gasteiger partial charge is 0.399 e. The van der Waals surface area contributed by atoms with Crippen molar-refractivity contribution in [1.82, 2.24) is 0 Å². The van der Waals surface area contributed by atoms with Crippen molar-refractivity contribution < 1.29 is 4.84 Å². The molecular weight excluding hydrogens is 262 g/mol. The van der Waals surface area contributed by atoms with Gasteiger partial charge in [-0.2, -0.15) is 0 Å².